The summed E-state index contributed by atoms with van der Waals surface area (Å²) in [7, 11) is 0. The lowest BCUT2D eigenvalue weighted by Crippen LogP contribution is -2.31. The molecule has 0 radical (unpaired) electrons. The first-order valence-corrected chi connectivity index (χ1v) is 5.97. The number of imidazole rings is 1. The van der Waals surface area contributed by atoms with Gasteiger partial charge in [-0.2, -0.15) is 0 Å². The van der Waals surface area contributed by atoms with E-state index >= 15 is 0 Å². The minimum Gasteiger partial charge on any atom is -0.356 e. The summed E-state index contributed by atoms with van der Waals surface area (Å²) in [6.45, 7) is 0.662. The molecule has 7 nitrogen and oxygen atoms in total. The fourth-order valence-corrected chi connectivity index (χ4v) is 2.39. The molecule has 4 rings (SSSR count). The fraction of sp³-hybridized carbons (Fsp3) is 0.167. The molecule has 0 spiro atoms. The summed E-state index contributed by atoms with van der Waals surface area (Å²) in [6.07, 6.45) is 3.86. The first kappa shape index (κ1) is 10.2. The lowest BCUT2D eigenvalue weighted by molar-refractivity contribution is 0.0946. The second-order valence-corrected chi connectivity index (χ2v) is 4.40. The maximum absolute atomic E-state index is 11.8. The predicted octanol–water partition coefficient (Wildman–Crippen LogP) is 0.634. The van der Waals surface area contributed by atoms with Gasteiger partial charge in [0.1, 0.15) is 17.5 Å². The van der Waals surface area contributed by atoms with Crippen molar-refractivity contribution in [1.82, 2.24) is 30.2 Å². The van der Waals surface area contributed by atoms with Crippen LogP contribution in [-0.2, 0) is 6.42 Å². The molecule has 4 heterocycles. The maximum Gasteiger partial charge on any atom is 0.253 e. The molecule has 0 aromatic carbocycles. The van der Waals surface area contributed by atoms with E-state index in [1.165, 1.54) is 6.33 Å². The van der Waals surface area contributed by atoms with Crippen LogP contribution in [0, 0.1) is 0 Å². The zero-order valence-electron chi connectivity index (χ0n) is 9.90. The zero-order chi connectivity index (χ0) is 12.8. The van der Waals surface area contributed by atoms with Crippen molar-refractivity contribution in [1.29, 1.82) is 0 Å². The molecule has 0 unspecified atom stereocenters. The van der Waals surface area contributed by atoms with E-state index in [1.54, 1.807) is 6.33 Å². The highest BCUT2D eigenvalue weighted by Crippen LogP contribution is 2.25. The lowest BCUT2D eigenvalue weighted by atomic mass is 10.1. The quantitative estimate of drug-likeness (QED) is 0.593. The number of aromatic nitrogens is 5. The molecule has 0 fully saturated rings. The van der Waals surface area contributed by atoms with Gasteiger partial charge in [-0.15, -0.1) is 0 Å². The number of amides is 1. The van der Waals surface area contributed by atoms with Crippen molar-refractivity contribution in [2.45, 2.75) is 6.42 Å². The highest BCUT2D eigenvalue weighted by molar-refractivity contribution is 5.98. The van der Waals surface area contributed by atoms with Gasteiger partial charge in [0.25, 0.3) is 5.91 Å². The summed E-state index contributed by atoms with van der Waals surface area (Å²) in [6, 6.07) is 1.83. The predicted molar refractivity (Wildman–Crippen MR) is 67.5 cm³/mol. The number of fused-ring (bicyclic) bond motifs is 2. The topological polar surface area (TPSA) is 99.3 Å². The van der Waals surface area contributed by atoms with E-state index in [9.17, 15) is 4.79 Å². The molecule has 1 amide bonds. The molecule has 0 aliphatic carbocycles. The number of aromatic amines is 2. The second kappa shape index (κ2) is 3.64. The third kappa shape index (κ3) is 1.44. The molecule has 1 aliphatic rings. The van der Waals surface area contributed by atoms with Crippen LogP contribution in [0.25, 0.3) is 22.6 Å². The van der Waals surface area contributed by atoms with E-state index in [4.69, 9.17) is 0 Å². The molecule has 0 saturated carbocycles. The molecule has 0 bridgehead atoms. The summed E-state index contributed by atoms with van der Waals surface area (Å²) in [5.41, 5.74) is 4.55. The Balaban J connectivity index is 1.93. The van der Waals surface area contributed by atoms with Crippen LogP contribution in [0.3, 0.4) is 0 Å². The summed E-state index contributed by atoms with van der Waals surface area (Å²) in [5.74, 6) is -0.0429. The summed E-state index contributed by atoms with van der Waals surface area (Å²) >= 11 is 0. The van der Waals surface area contributed by atoms with E-state index in [0.717, 1.165) is 29.0 Å². The average Bonchev–Trinajstić information content (AvgIpc) is 3.05. The number of hydrogen-bond donors (Lipinski definition) is 3. The van der Waals surface area contributed by atoms with Crippen LogP contribution in [0.15, 0.2) is 18.7 Å². The van der Waals surface area contributed by atoms with Gasteiger partial charge >= 0.3 is 0 Å². The van der Waals surface area contributed by atoms with Crippen LogP contribution in [-0.4, -0.2) is 37.4 Å². The Hall–Kier alpha value is -2.70. The molecule has 7 heteroatoms. The van der Waals surface area contributed by atoms with Crippen LogP contribution < -0.4 is 5.32 Å². The van der Waals surface area contributed by atoms with E-state index in [1.807, 2.05) is 6.07 Å². The first-order chi connectivity index (χ1) is 9.33. The van der Waals surface area contributed by atoms with Crippen LogP contribution in [0.5, 0.6) is 0 Å². The Morgan fingerprint density at radius 3 is 3.05 bits per heavy atom. The van der Waals surface area contributed by atoms with Crippen LogP contribution >= 0.6 is 0 Å². The van der Waals surface area contributed by atoms with Gasteiger partial charge in [0.15, 0.2) is 5.65 Å². The number of nitrogens with zero attached hydrogens (tertiary/aromatic N) is 3. The highest BCUT2D eigenvalue weighted by atomic mass is 16.1. The summed E-state index contributed by atoms with van der Waals surface area (Å²) < 4.78 is 0. The number of H-pyrrole nitrogens is 2. The lowest BCUT2D eigenvalue weighted by Gasteiger charge is -2.10. The largest absolute Gasteiger partial charge is 0.356 e. The van der Waals surface area contributed by atoms with Crippen LogP contribution in [0.2, 0.25) is 0 Å². The number of hydrogen-bond acceptors (Lipinski definition) is 4. The number of rotatable bonds is 1. The van der Waals surface area contributed by atoms with Crippen LogP contribution in [0.4, 0.5) is 0 Å². The Labute approximate surface area is 107 Å². The fourth-order valence-electron chi connectivity index (χ4n) is 2.39. The summed E-state index contributed by atoms with van der Waals surface area (Å²) in [5, 5.41) is 2.82. The molecule has 94 valence electrons. The molecule has 1 aliphatic heterocycles. The standard InChI is InChI=1S/C12H10N6O/c19-12-6-3-8(18-7(6)1-2-13-12)9-10-11(16-4-14-9)17-5-15-10/h3-5,18H,1-2H2,(H,13,19)(H,14,15,16,17). The molecule has 0 atom stereocenters. The normalized spacial score (nSPS) is 14.4. The summed E-state index contributed by atoms with van der Waals surface area (Å²) in [4.78, 5) is 30.5. The van der Waals surface area contributed by atoms with Gasteiger partial charge in [0.2, 0.25) is 0 Å². The van der Waals surface area contributed by atoms with Gasteiger partial charge in [-0.05, 0) is 6.07 Å². The molecular formula is C12H10N6O. The van der Waals surface area contributed by atoms with Gasteiger partial charge in [0, 0.05) is 18.7 Å². The smallest absolute Gasteiger partial charge is 0.253 e. The number of carbonyl (C=O) groups is 1. The van der Waals surface area contributed by atoms with Crippen LogP contribution in [0.1, 0.15) is 16.1 Å². The van der Waals surface area contributed by atoms with E-state index in [-0.39, 0.29) is 5.91 Å². The first-order valence-electron chi connectivity index (χ1n) is 5.97. The Morgan fingerprint density at radius 1 is 1.21 bits per heavy atom. The Morgan fingerprint density at radius 2 is 2.16 bits per heavy atom. The molecule has 3 aromatic heterocycles. The van der Waals surface area contributed by atoms with Gasteiger partial charge in [-0.25, -0.2) is 15.0 Å². The second-order valence-electron chi connectivity index (χ2n) is 4.40. The van der Waals surface area contributed by atoms with E-state index < -0.39 is 0 Å². The van der Waals surface area contributed by atoms with Gasteiger partial charge in [0.05, 0.1) is 17.6 Å². The van der Waals surface area contributed by atoms with Gasteiger partial charge < -0.3 is 15.3 Å². The van der Waals surface area contributed by atoms with Crippen molar-refractivity contribution in [3.8, 4) is 11.4 Å². The van der Waals surface area contributed by atoms with Crippen molar-refractivity contribution >= 4 is 17.1 Å². The number of carbonyl (C=O) groups excluding carboxylic acids is 1. The van der Waals surface area contributed by atoms with E-state index in [0.29, 0.717) is 17.8 Å². The third-order valence-electron chi connectivity index (χ3n) is 3.28. The van der Waals surface area contributed by atoms with Crippen molar-refractivity contribution in [2.75, 3.05) is 6.54 Å². The minimum atomic E-state index is -0.0429. The molecule has 3 aromatic rings. The van der Waals surface area contributed by atoms with Crippen molar-refractivity contribution in [2.24, 2.45) is 0 Å². The molecule has 3 N–H and O–H groups in total. The maximum atomic E-state index is 11.8. The van der Waals surface area contributed by atoms with E-state index in [2.05, 4.69) is 30.2 Å². The monoisotopic (exact) mass is 254 g/mol. The highest BCUT2D eigenvalue weighted by Gasteiger charge is 2.21. The molecular weight excluding hydrogens is 244 g/mol. The zero-order valence-corrected chi connectivity index (χ0v) is 9.90. The van der Waals surface area contributed by atoms with Gasteiger partial charge in [-0.1, -0.05) is 0 Å². The van der Waals surface area contributed by atoms with Crippen molar-refractivity contribution in [3.63, 3.8) is 0 Å². The number of nitrogens with one attached hydrogen (secondary N) is 3. The SMILES string of the molecule is O=C1NCCc2[nH]c(-c3ncnc4nc[nH]c34)cc21. The molecule has 0 saturated heterocycles. The average molecular weight is 254 g/mol. The van der Waals surface area contributed by atoms with Crippen molar-refractivity contribution in [3.05, 3.63) is 30.0 Å². The van der Waals surface area contributed by atoms with Gasteiger partial charge in [-0.3, -0.25) is 4.79 Å². The molecule has 19 heavy (non-hydrogen) atoms. The Bertz CT molecular complexity index is 786. The third-order valence-corrected chi connectivity index (χ3v) is 3.28. The Kier molecular flexibility index (Phi) is 1.96. The van der Waals surface area contributed by atoms with Crippen molar-refractivity contribution < 1.29 is 4.79 Å². The minimum absolute atomic E-state index is 0.0429.